The number of carbonyl (C=O) groups is 1. The summed E-state index contributed by atoms with van der Waals surface area (Å²) in [5.41, 5.74) is -1.06. The summed E-state index contributed by atoms with van der Waals surface area (Å²) in [6, 6.07) is 8.01. The summed E-state index contributed by atoms with van der Waals surface area (Å²) in [4.78, 5) is 11.8. The van der Waals surface area contributed by atoms with Gasteiger partial charge in [0.15, 0.2) is 12.6 Å². The van der Waals surface area contributed by atoms with Crippen LogP contribution in [-0.4, -0.2) is 18.7 Å². The third kappa shape index (κ3) is 5.40. The highest BCUT2D eigenvalue weighted by Gasteiger charge is 2.41. The summed E-state index contributed by atoms with van der Waals surface area (Å²) in [7, 11) is 0. The van der Waals surface area contributed by atoms with Crippen LogP contribution in [0.3, 0.4) is 0 Å². The largest absolute Gasteiger partial charge is 0.484 e. The first-order valence-electron chi connectivity index (χ1n) is 7.28. The summed E-state index contributed by atoms with van der Waals surface area (Å²) in [6.07, 6.45) is -9.24. The van der Waals surface area contributed by atoms with Gasteiger partial charge in [-0.3, -0.25) is 4.79 Å². The predicted octanol–water partition coefficient (Wildman–Crippen LogP) is 4.50. The molecule has 0 spiro atoms. The Kier molecular flexibility index (Phi) is 5.79. The molecule has 0 aromatic heterocycles. The normalized spacial score (nSPS) is 13.2. The molecule has 2 rings (SSSR count). The Hall–Kier alpha value is -2.71. The minimum Gasteiger partial charge on any atom is -0.484 e. The first-order chi connectivity index (χ1) is 12.1. The Bertz CT molecular complexity index is 726. The van der Waals surface area contributed by atoms with Crippen molar-refractivity contribution in [3.8, 4) is 5.75 Å². The van der Waals surface area contributed by atoms with Gasteiger partial charge in [-0.15, -0.1) is 0 Å². The molecule has 0 bridgehead atoms. The fourth-order valence-electron chi connectivity index (χ4n) is 2.09. The fourth-order valence-corrected chi connectivity index (χ4v) is 2.09. The number of rotatable bonds is 5. The van der Waals surface area contributed by atoms with Crippen molar-refractivity contribution in [2.24, 2.45) is 0 Å². The van der Waals surface area contributed by atoms with Crippen LogP contribution in [0.5, 0.6) is 5.75 Å². The maximum atomic E-state index is 13.1. The van der Waals surface area contributed by atoms with E-state index in [2.05, 4.69) is 0 Å². The number of ether oxygens (including phenoxy) is 1. The summed E-state index contributed by atoms with van der Waals surface area (Å²) in [5, 5.41) is 1.81. The van der Waals surface area contributed by atoms with Gasteiger partial charge in [0.25, 0.3) is 5.91 Å². The Balaban J connectivity index is 1.98. The Morgan fingerprint density at radius 1 is 0.923 bits per heavy atom. The lowest BCUT2D eigenvalue weighted by atomic mass is 10.1. The van der Waals surface area contributed by atoms with E-state index in [1.807, 2.05) is 5.32 Å². The smallest absolute Gasteiger partial charge is 0.416 e. The molecule has 2 aromatic rings. The van der Waals surface area contributed by atoms with Crippen molar-refractivity contribution in [3.05, 3.63) is 65.7 Å². The number of benzene rings is 2. The quantitative estimate of drug-likeness (QED) is 0.779. The molecule has 0 heterocycles. The molecule has 0 aliphatic carbocycles. The Labute approximate surface area is 144 Å². The number of nitrogens with one attached hydrogen (secondary N) is 1. The van der Waals surface area contributed by atoms with E-state index < -0.39 is 36.5 Å². The van der Waals surface area contributed by atoms with Crippen LogP contribution < -0.4 is 10.1 Å². The van der Waals surface area contributed by atoms with Crippen LogP contribution in [0.4, 0.5) is 26.3 Å². The van der Waals surface area contributed by atoms with Gasteiger partial charge in [0.1, 0.15) is 5.75 Å². The zero-order chi connectivity index (χ0) is 19.4. The summed E-state index contributed by atoms with van der Waals surface area (Å²) < 4.78 is 81.6. The van der Waals surface area contributed by atoms with E-state index >= 15 is 0 Å². The van der Waals surface area contributed by atoms with E-state index in [-0.39, 0.29) is 11.3 Å². The molecule has 26 heavy (non-hydrogen) atoms. The highest BCUT2D eigenvalue weighted by atomic mass is 19.4. The van der Waals surface area contributed by atoms with Crippen LogP contribution in [0.25, 0.3) is 0 Å². The lowest BCUT2D eigenvalue weighted by molar-refractivity contribution is -0.164. The molecule has 1 amide bonds. The van der Waals surface area contributed by atoms with Gasteiger partial charge in [0.2, 0.25) is 0 Å². The molecule has 1 unspecified atom stereocenters. The van der Waals surface area contributed by atoms with Gasteiger partial charge < -0.3 is 10.1 Å². The maximum absolute atomic E-state index is 13.1. The van der Waals surface area contributed by atoms with E-state index in [9.17, 15) is 31.1 Å². The molecule has 0 saturated heterocycles. The van der Waals surface area contributed by atoms with E-state index in [0.717, 1.165) is 24.3 Å². The standard InChI is InChI=1S/C17H13F6NO2/c18-16(19,20)12-6-8-13(9-7-12)26-10-14(25)24-15(17(21,22)23)11-4-2-1-3-5-11/h1-9,15H,10H2,(H,24,25). The highest BCUT2D eigenvalue weighted by molar-refractivity contribution is 5.78. The lowest BCUT2D eigenvalue weighted by Crippen LogP contribution is -2.40. The summed E-state index contributed by atoms with van der Waals surface area (Å²) >= 11 is 0. The minimum absolute atomic E-state index is 0.0728. The molecular formula is C17H13F6NO2. The molecule has 2 aromatic carbocycles. The second kappa shape index (κ2) is 7.67. The van der Waals surface area contributed by atoms with E-state index in [0.29, 0.717) is 0 Å². The third-order valence-corrected chi connectivity index (χ3v) is 3.32. The SMILES string of the molecule is O=C(COc1ccc(C(F)(F)F)cc1)NC(c1ccccc1)C(F)(F)F. The van der Waals surface area contributed by atoms with Gasteiger partial charge in [-0.2, -0.15) is 26.3 Å². The van der Waals surface area contributed by atoms with Crippen molar-refractivity contribution < 1.29 is 35.9 Å². The first kappa shape index (κ1) is 19.6. The first-order valence-corrected chi connectivity index (χ1v) is 7.28. The highest BCUT2D eigenvalue weighted by Crippen LogP contribution is 2.32. The number of halogens is 6. The van der Waals surface area contributed by atoms with Crippen molar-refractivity contribution in [1.29, 1.82) is 0 Å². The average molecular weight is 377 g/mol. The second-order valence-corrected chi connectivity index (χ2v) is 5.26. The van der Waals surface area contributed by atoms with Gasteiger partial charge >= 0.3 is 12.4 Å². The molecular weight excluding hydrogens is 364 g/mol. The molecule has 1 N–H and O–H groups in total. The van der Waals surface area contributed by atoms with E-state index in [4.69, 9.17) is 4.74 Å². The van der Waals surface area contributed by atoms with Crippen LogP contribution in [0.15, 0.2) is 54.6 Å². The van der Waals surface area contributed by atoms with Gasteiger partial charge in [-0.1, -0.05) is 30.3 Å². The molecule has 1 atom stereocenters. The number of hydrogen-bond donors (Lipinski definition) is 1. The molecule has 0 saturated carbocycles. The average Bonchev–Trinajstić information content (AvgIpc) is 2.57. The predicted molar refractivity (Wildman–Crippen MR) is 80.3 cm³/mol. The molecule has 3 nitrogen and oxygen atoms in total. The van der Waals surface area contributed by atoms with Gasteiger partial charge in [0.05, 0.1) is 5.56 Å². The zero-order valence-corrected chi connectivity index (χ0v) is 13.1. The second-order valence-electron chi connectivity index (χ2n) is 5.26. The zero-order valence-electron chi connectivity index (χ0n) is 13.1. The monoisotopic (exact) mass is 377 g/mol. The van der Waals surface area contributed by atoms with Crippen molar-refractivity contribution in [3.63, 3.8) is 0 Å². The topological polar surface area (TPSA) is 38.3 Å². The maximum Gasteiger partial charge on any atom is 0.416 e. The van der Waals surface area contributed by atoms with Crippen LogP contribution in [0.2, 0.25) is 0 Å². The Morgan fingerprint density at radius 3 is 2.00 bits per heavy atom. The molecule has 140 valence electrons. The van der Waals surface area contributed by atoms with Crippen LogP contribution in [-0.2, 0) is 11.0 Å². The van der Waals surface area contributed by atoms with Crippen LogP contribution >= 0.6 is 0 Å². The number of amides is 1. The third-order valence-electron chi connectivity index (χ3n) is 3.32. The van der Waals surface area contributed by atoms with E-state index in [1.165, 1.54) is 30.3 Å². The number of alkyl halides is 6. The van der Waals surface area contributed by atoms with E-state index in [1.54, 1.807) is 0 Å². The van der Waals surface area contributed by atoms with Gasteiger partial charge in [0, 0.05) is 0 Å². The van der Waals surface area contributed by atoms with Gasteiger partial charge in [-0.25, -0.2) is 0 Å². The Morgan fingerprint density at radius 2 is 1.50 bits per heavy atom. The minimum atomic E-state index is -4.72. The van der Waals surface area contributed by atoms with Crippen LogP contribution in [0, 0.1) is 0 Å². The van der Waals surface area contributed by atoms with Crippen molar-refractivity contribution in [2.75, 3.05) is 6.61 Å². The van der Waals surface area contributed by atoms with Crippen molar-refractivity contribution in [2.45, 2.75) is 18.4 Å². The summed E-state index contributed by atoms with van der Waals surface area (Å²) in [5.74, 6) is -1.13. The van der Waals surface area contributed by atoms with Crippen molar-refractivity contribution >= 4 is 5.91 Å². The van der Waals surface area contributed by atoms with Gasteiger partial charge in [-0.05, 0) is 29.8 Å². The number of carbonyl (C=O) groups excluding carboxylic acids is 1. The molecule has 0 aliphatic heterocycles. The van der Waals surface area contributed by atoms with Crippen LogP contribution in [0.1, 0.15) is 17.2 Å². The molecule has 9 heteroatoms. The molecule has 0 fully saturated rings. The lowest BCUT2D eigenvalue weighted by Gasteiger charge is -2.22. The van der Waals surface area contributed by atoms with Crippen molar-refractivity contribution in [1.82, 2.24) is 5.32 Å². The molecule has 0 radical (unpaired) electrons. The number of hydrogen-bond acceptors (Lipinski definition) is 2. The molecule has 0 aliphatic rings. The summed E-state index contributed by atoms with van der Waals surface area (Å²) in [6.45, 7) is -0.773. The fraction of sp³-hybridized carbons (Fsp3) is 0.235.